The van der Waals surface area contributed by atoms with Crippen molar-refractivity contribution in [3.05, 3.63) is 6.92 Å². The van der Waals surface area contributed by atoms with E-state index in [4.69, 9.17) is 4.74 Å². The SMILES string of the molecule is [CH2]CC(C)C(=O)OCC. The Morgan fingerprint density at radius 2 is 2.33 bits per heavy atom. The maximum atomic E-state index is 10.7. The summed E-state index contributed by atoms with van der Waals surface area (Å²) in [4.78, 5) is 10.7. The average molecular weight is 129 g/mol. The number of hydrogen-bond donors (Lipinski definition) is 0. The molecule has 0 saturated carbocycles. The van der Waals surface area contributed by atoms with Crippen LogP contribution in [-0.4, -0.2) is 12.6 Å². The van der Waals surface area contributed by atoms with Gasteiger partial charge in [-0.3, -0.25) is 4.79 Å². The predicted molar refractivity (Wildman–Crippen MR) is 35.8 cm³/mol. The van der Waals surface area contributed by atoms with Gasteiger partial charge >= 0.3 is 5.97 Å². The fraction of sp³-hybridized carbons (Fsp3) is 0.714. The van der Waals surface area contributed by atoms with Crippen LogP contribution in [0.1, 0.15) is 20.3 Å². The van der Waals surface area contributed by atoms with Crippen molar-refractivity contribution in [2.24, 2.45) is 5.92 Å². The Kier molecular flexibility index (Phi) is 4.10. The molecule has 0 heterocycles. The summed E-state index contributed by atoms with van der Waals surface area (Å²) in [5.74, 6) is -0.197. The van der Waals surface area contributed by atoms with Crippen LogP contribution in [0.2, 0.25) is 0 Å². The first kappa shape index (κ1) is 8.47. The molecule has 2 nitrogen and oxygen atoms in total. The summed E-state index contributed by atoms with van der Waals surface area (Å²) in [6.45, 7) is 7.66. The second kappa shape index (κ2) is 4.36. The van der Waals surface area contributed by atoms with Gasteiger partial charge in [0.25, 0.3) is 0 Å². The number of hydrogen-bond acceptors (Lipinski definition) is 2. The molecule has 53 valence electrons. The van der Waals surface area contributed by atoms with Gasteiger partial charge in [0.15, 0.2) is 0 Å². The van der Waals surface area contributed by atoms with Crippen LogP contribution in [-0.2, 0) is 9.53 Å². The van der Waals surface area contributed by atoms with Crippen molar-refractivity contribution in [3.63, 3.8) is 0 Å². The summed E-state index contributed by atoms with van der Waals surface area (Å²) >= 11 is 0. The lowest BCUT2D eigenvalue weighted by Crippen LogP contribution is -2.13. The van der Waals surface area contributed by atoms with Gasteiger partial charge < -0.3 is 4.74 Å². The third kappa shape index (κ3) is 3.12. The van der Waals surface area contributed by atoms with Gasteiger partial charge in [0.1, 0.15) is 0 Å². The molecule has 1 unspecified atom stereocenters. The summed E-state index contributed by atoms with van der Waals surface area (Å²) in [7, 11) is 0. The van der Waals surface area contributed by atoms with Gasteiger partial charge in [0.2, 0.25) is 0 Å². The highest BCUT2D eigenvalue weighted by atomic mass is 16.5. The zero-order valence-corrected chi connectivity index (χ0v) is 6.02. The molecule has 0 aromatic heterocycles. The van der Waals surface area contributed by atoms with E-state index in [0.29, 0.717) is 13.0 Å². The summed E-state index contributed by atoms with van der Waals surface area (Å²) in [5, 5.41) is 0. The van der Waals surface area contributed by atoms with Crippen LogP contribution in [0.25, 0.3) is 0 Å². The highest BCUT2D eigenvalue weighted by Crippen LogP contribution is 2.01. The summed E-state index contributed by atoms with van der Waals surface area (Å²) in [5.41, 5.74) is 0. The molecule has 0 aromatic carbocycles. The van der Waals surface area contributed by atoms with Crippen LogP contribution in [0, 0.1) is 12.8 Å². The molecular formula is C7H13O2. The zero-order valence-electron chi connectivity index (χ0n) is 6.02. The Labute approximate surface area is 56.2 Å². The minimum absolute atomic E-state index is 0.0510. The first-order valence-corrected chi connectivity index (χ1v) is 3.18. The standard InChI is InChI=1S/C7H13O2/c1-4-6(3)7(8)9-5-2/h6H,1,4-5H2,2-3H3. The summed E-state index contributed by atoms with van der Waals surface area (Å²) in [6, 6.07) is 0. The Balaban J connectivity index is 3.46. The quantitative estimate of drug-likeness (QED) is 0.538. The van der Waals surface area contributed by atoms with Crippen molar-refractivity contribution < 1.29 is 9.53 Å². The smallest absolute Gasteiger partial charge is 0.308 e. The van der Waals surface area contributed by atoms with E-state index in [-0.39, 0.29) is 11.9 Å². The van der Waals surface area contributed by atoms with E-state index in [0.717, 1.165) is 0 Å². The van der Waals surface area contributed by atoms with Gasteiger partial charge in [0, 0.05) is 0 Å². The number of ether oxygens (including phenoxy) is 1. The lowest BCUT2D eigenvalue weighted by Gasteiger charge is -2.05. The fourth-order valence-electron chi connectivity index (χ4n) is 0.402. The third-order valence-corrected chi connectivity index (χ3v) is 1.12. The highest BCUT2D eigenvalue weighted by molar-refractivity contribution is 5.71. The van der Waals surface area contributed by atoms with E-state index in [2.05, 4.69) is 6.92 Å². The van der Waals surface area contributed by atoms with E-state index in [1.165, 1.54) is 0 Å². The van der Waals surface area contributed by atoms with Crippen molar-refractivity contribution in [1.29, 1.82) is 0 Å². The topological polar surface area (TPSA) is 26.3 Å². The molecule has 0 aliphatic heterocycles. The average Bonchev–Trinajstić information content (AvgIpc) is 1.87. The van der Waals surface area contributed by atoms with Gasteiger partial charge in [-0.2, -0.15) is 0 Å². The zero-order chi connectivity index (χ0) is 7.28. The Bertz CT molecular complexity index is 88.9. The monoisotopic (exact) mass is 129 g/mol. The van der Waals surface area contributed by atoms with Crippen LogP contribution in [0.15, 0.2) is 0 Å². The van der Waals surface area contributed by atoms with Crippen molar-refractivity contribution >= 4 is 5.97 Å². The van der Waals surface area contributed by atoms with E-state index < -0.39 is 0 Å². The van der Waals surface area contributed by atoms with Gasteiger partial charge in [-0.05, 0) is 13.3 Å². The van der Waals surface area contributed by atoms with Crippen LogP contribution in [0.5, 0.6) is 0 Å². The molecule has 2 heteroatoms. The summed E-state index contributed by atoms with van der Waals surface area (Å²) in [6.07, 6.45) is 0.610. The molecule has 0 amide bonds. The number of rotatable bonds is 3. The molecule has 0 spiro atoms. The predicted octanol–water partition coefficient (Wildman–Crippen LogP) is 1.41. The highest BCUT2D eigenvalue weighted by Gasteiger charge is 2.09. The summed E-state index contributed by atoms with van der Waals surface area (Å²) < 4.78 is 4.72. The van der Waals surface area contributed by atoms with E-state index >= 15 is 0 Å². The second-order valence-electron chi connectivity index (χ2n) is 1.94. The molecule has 1 radical (unpaired) electrons. The van der Waals surface area contributed by atoms with E-state index in [1.54, 1.807) is 6.92 Å². The molecular weight excluding hydrogens is 116 g/mol. The van der Waals surface area contributed by atoms with E-state index in [1.807, 2.05) is 6.92 Å². The largest absolute Gasteiger partial charge is 0.466 e. The molecule has 0 rings (SSSR count). The first-order valence-electron chi connectivity index (χ1n) is 3.18. The Hall–Kier alpha value is -0.530. The molecule has 0 bridgehead atoms. The molecule has 0 fully saturated rings. The van der Waals surface area contributed by atoms with E-state index in [9.17, 15) is 4.79 Å². The van der Waals surface area contributed by atoms with Crippen LogP contribution < -0.4 is 0 Å². The lowest BCUT2D eigenvalue weighted by atomic mass is 10.1. The van der Waals surface area contributed by atoms with Gasteiger partial charge in [-0.25, -0.2) is 0 Å². The van der Waals surface area contributed by atoms with Gasteiger partial charge in [-0.1, -0.05) is 13.8 Å². The maximum absolute atomic E-state index is 10.7. The van der Waals surface area contributed by atoms with Crippen LogP contribution in [0.4, 0.5) is 0 Å². The molecule has 0 aliphatic rings. The maximum Gasteiger partial charge on any atom is 0.308 e. The third-order valence-electron chi connectivity index (χ3n) is 1.12. The van der Waals surface area contributed by atoms with Crippen molar-refractivity contribution in [1.82, 2.24) is 0 Å². The molecule has 0 aliphatic carbocycles. The lowest BCUT2D eigenvalue weighted by molar-refractivity contribution is -0.147. The number of esters is 1. The minimum atomic E-state index is -0.146. The second-order valence-corrected chi connectivity index (χ2v) is 1.94. The molecule has 0 N–H and O–H groups in total. The normalized spacial score (nSPS) is 12.8. The Morgan fingerprint density at radius 3 is 2.67 bits per heavy atom. The molecule has 1 atom stereocenters. The fourth-order valence-corrected chi connectivity index (χ4v) is 0.402. The first-order chi connectivity index (χ1) is 4.22. The molecule has 9 heavy (non-hydrogen) atoms. The Morgan fingerprint density at radius 1 is 1.78 bits per heavy atom. The van der Waals surface area contributed by atoms with Gasteiger partial charge in [-0.15, -0.1) is 0 Å². The van der Waals surface area contributed by atoms with Crippen molar-refractivity contribution in [3.8, 4) is 0 Å². The minimum Gasteiger partial charge on any atom is -0.466 e. The van der Waals surface area contributed by atoms with Crippen LogP contribution in [0.3, 0.4) is 0 Å². The number of carbonyl (C=O) groups excluding carboxylic acids is 1. The molecule has 0 saturated heterocycles. The van der Waals surface area contributed by atoms with Crippen LogP contribution >= 0.6 is 0 Å². The molecule has 0 aromatic rings. The van der Waals surface area contributed by atoms with Gasteiger partial charge in [0.05, 0.1) is 12.5 Å². The van der Waals surface area contributed by atoms with Crippen molar-refractivity contribution in [2.75, 3.05) is 6.61 Å². The van der Waals surface area contributed by atoms with Crippen molar-refractivity contribution in [2.45, 2.75) is 20.3 Å². The number of carbonyl (C=O) groups is 1.